The monoisotopic (exact) mass is 246 g/mol. The van der Waals surface area contributed by atoms with E-state index in [1.807, 2.05) is 30.3 Å². The lowest BCUT2D eigenvalue weighted by Crippen LogP contribution is -2.44. The number of hydrogen-bond donors (Lipinski definition) is 2. The third kappa shape index (κ3) is 1.88. The predicted molar refractivity (Wildman–Crippen MR) is 69.8 cm³/mol. The molecule has 94 valence electrons. The van der Waals surface area contributed by atoms with Gasteiger partial charge in [0, 0.05) is 13.5 Å². The summed E-state index contributed by atoms with van der Waals surface area (Å²) in [6, 6.07) is 9.37. The number of anilines is 1. The molecule has 0 spiro atoms. The topological polar surface area (TPSA) is 96.0 Å². The van der Waals surface area contributed by atoms with Gasteiger partial charge in [0.1, 0.15) is 5.69 Å². The van der Waals surface area contributed by atoms with E-state index in [1.54, 1.807) is 0 Å². The third-order valence-electron chi connectivity index (χ3n) is 2.84. The van der Waals surface area contributed by atoms with Gasteiger partial charge in [0.15, 0.2) is 0 Å². The number of hydrogen-bond acceptors (Lipinski definition) is 4. The Kier molecular flexibility index (Phi) is 2.93. The zero-order chi connectivity index (χ0) is 13.3. The quantitative estimate of drug-likeness (QED) is 0.694. The molecule has 4 N–H and O–H groups in total. The van der Waals surface area contributed by atoms with Crippen LogP contribution in [0, 0.1) is 0 Å². The highest BCUT2D eigenvalue weighted by Gasteiger charge is 2.13. The van der Waals surface area contributed by atoms with Crippen LogP contribution in [0.5, 0.6) is 0 Å². The van der Waals surface area contributed by atoms with E-state index in [-0.39, 0.29) is 5.69 Å². The van der Waals surface area contributed by atoms with E-state index in [0.29, 0.717) is 12.1 Å². The summed E-state index contributed by atoms with van der Waals surface area (Å²) in [4.78, 5) is 23.4. The van der Waals surface area contributed by atoms with Crippen LogP contribution in [0.4, 0.5) is 5.69 Å². The van der Waals surface area contributed by atoms with Crippen molar-refractivity contribution in [2.75, 3.05) is 11.6 Å². The van der Waals surface area contributed by atoms with Crippen LogP contribution in [-0.4, -0.2) is 9.24 Å². The van der Waals surface area contributed by atoms with E-state index in [4.69, 9.17) is 11.6 Å². The number of benzene rings is 1. The van der Waals surface area contributed by atoms with Crippen LogP contribution in [0.1, 0.15) is 11.3 Å². The minimum atomic E-state index is -0.583. The van der Waals surface area contributed by atoms with Gasteiger partial charge in [-0.05, 0) is 5.56 Å². The van der Waals surface area contributed by atoms with Crippen molar-refractivity contribution in [2.45, 2.75) is 6.42 Å². The number of nitrogen functional groups attached to an aromatic ring is 2. The number of rotatable bonds is 2. The van der Waals surface area contributed by atoms with E-state index in [0.717, 1.165) is 14.8 Å². The molecule has 0 bridgehead atoms. The minimum Gasteiger partial charge on any atom is -0.393 e. The summed E-state index contributed by atoms with van der Waals surface area (Å²) in [6.45, 7) is 0. The van der Waals surface area contributed by atoms with E-state index in [9.17, 15) is 9.59 Å². The zero-order valence-corrected chi connectivity index (χ0v) is 9.96. The molecule has 0 unspecified atom stereocenters. The molecule has 2 rings (SSSR count). The predicted octanol–water partition coefficient (Wildman–Crippen LogP) is -0.566. The lowest BCUT2D eigenvalue weighted by molar-refractivity contribution is 0.690. The molecule has 0 amide bonds. The molecule has 0 saturated carbocycles. The van der Waals surface area contributed by atoms with E-state index >= 15 is 0 Å². The van der Waals surface area contributed by atoms with Crippen molar-refractivity contribution in [1.29, 1.82) is 0 Å². The van der Waals surface area contributed by atoms with Crippen molar-refractivity contribution in [3.63, 3.8) is 0 Å². The fourth-order valence-electron chi connectivity index (χ4n) is 1.77. The SMILES string of the molecule is Cn1c(=O)c(N)c(Cc2ccccc2)n(N)c1=O. The maximum absolute atomic E-state index is 11.7. The Labute approximate surface area is 103 Å². The maximum atomic E-state index is 11.7. The zero-order valence-electron chi connectivity index (χ0n) is 9.96. The van der Waals surface area contributed by atoms with E-state index in [2.05, 4.69) is 0 Å². The first-order valence-corrected chi connectivity index (χ1v) is 5.41. The van der Waals surface area contributed by atoms with Gasteiger partial charge in [-0.3, -0.25) is 9.36 Å². The van der Waals surface area contributed by atoms with Crippen molar-refractivity contribution in [1.82, 2.24) is 9.24 Å². The Balaban J connectivity index is 2.59. The summed E-state index contributed by atoms with van der Waals surface area (Å²) in [6.07, 6.45) is 0.342. The lowest BCUT2D eigenvalue weighted by Gasteiger charge is -2.12. The minimum absolute atomic E-state index is 0.00320. The van der Waals surface area contributed by atoms with Crippen LogP contribution >= 0.6 is 0 Å². The number of nitrogens with two attached hydrogens (primary N) is 2. The fourth-order valence-corrected chi connectivity index (χ4v) is 1.77. The number of aromatic nitrogens is 2. The summed E-state index contributed by atoms with van der Waals surface area (Å²) >= 11 is 0. The first-order valence-electron chi connectivity index (χ1n) is 5.41. The Bertz CT molecular complexity index is 648. The van der Waals surface area contributed by atoms with Gasteiger partial charge in [0.25, 0.3) is 5.56 Å². The van der Waals surface area contributed by atoms with Gasteiger partial charge in [0.05, 0.1) is 5.69 Å². The van der Waals surface area contributed by atoms with Gasteiger partial charge < -0.3 is 11.6 Å². The number of nitrogens with zero attached hydrogens (tertiary/aromatic N) is 2. The summed E-state index contributed by atoms with van der Waals surface area (Å²) in [5.41, 5.74) is 5.88. The Morgan fingerprint density at radius 2 is 1.78 bits per heavy atom. The molecule has 6 heteroatoms. The van der Waals surface area contributed by atoms with Crippen molar-refractivity contribution >= 4 is 5.69 Å². The Morgan fingerprint density at radius 3 is 2.39 bits per heavy atom. The first kappa shape index (κ1) is 12.0. The van der Waals surface area contributed by atoms with Gasteiger partial charge in [-0.1, -0.05) is 30.3 Å². The third-order valence-corrected chi connectivity index (χ3v) is 2.84. The lowest BCUT2D eigenvalue weighted by atomic mass is 10.1. The van der Waals surface area contributed by atoms with Crippen LogP contribution in [-0.2, 0) is 13.5 Å². The molecule has 0 fully saturated rings. The van der Waals surface area contributed by atoms with Crippen molar-refractivity contribution in [2.24, 2.45) is 7.05 Å². The van der Waals surface area contributed by atoms with Gasteiger partial charge in [-0.15, -0.1) is 0 Å². The molecule has 1 aromatic carbocycles. The highest BCUT2D eigenvalue weighted by Crippen LogP contribution is 2.10. The largest absolute Gasteiger partial charge is 0.393 e. The van der Waals surface area contributed by atoms with Gasteiger partial charge in [-0.25, -0.2) is 9.47 Å². The molecule has 0 aliphatic rings. The second-order valence-corrected chi connectivity index (χ2v) is 4.04. The molecule has 1 heterocycles. The standard InChI is InChI=1S/C12H14N4O2/c1-15-11(17)10(13)9(16(14)12(15)18)7-8-5-3-2-4-6-8/h2-6H,7,13-14H2,1H3. The van der Waals surface area contributed by atoms with Gasteiger partial charge in [0.2, 0.25) is 0 Å². The summed E-state index contributed by atoms with van der Waals surface area (Å²) in [5, 5.41) is 0. The molecule has 6 nitrogen and oxygen atoms in total. The summed E-state index contributed by atoms with van der Waals surface area (Å²) in [5.74, 6) is 5.67. The summed E-state index contributed by atoms with van der Waals surface area (Å²) < 4.78 is 1.81. The molecular weight excluding hydrogens is 232 g/mol. The van der Waals surface area contributed by atoms with Crippen LogP contribution < -0.4 is 22.8 Å². The highest BCUT2D eigenvalue weighted by molar-refractivity contribution is 5.43. The Morgan fingerprint density at radius 1 is 1.17 bits per heavy atom. The summed E-state index contributed by atoms with van der Waals surface area (Å²) in [7, 11) is 1.34. The molecule has 1 aromatic heterocycles. The molecule has 0 aliphatic heterocycles. The molecule has 0 radical (unpaired) electrons. The van der Waals surface area contributed by atoms with Crippen molar-refractivity contribution < 1.29 is 0 Å². The van der Waals surface area contributed by atoms with Crippen LogP contribution in [0.25, 0.3) is 0 Å². The molecule has 18 heavy (non-hydrogen) atoms. The smallest absolute Gasteiger partial charge is 0.349 e. The van der Waals surface area contributed by atoms with E-state index in [1.165, 1.54) is 7.05 Å². The van der Waals surface area contributed by atoms with Gasteiger partial charge >= 0.3 is 5.69 Å². The average molecular weight is 246 g/mol. The average Bonchev–Trinajstić information content (AvgIpc) is 2.40. The normalized spacial score (nSPS) is 10.5. The van der Waals surface area contributed by atoms with Crippen LogP contribution in [0.3, 0.4) is 0 Å². The van der Waals surface area contributed by atoms with E-state index < -0.39 is 11.2 Å². The fraction of sp³-hybridized carbons (Fsp3) is 0.167. The molecule has 0 aliphatic carbocycles. The maximum Gasteiger partial charge on any atom is 0.349 e. The van der Waals surface area contributed by atoms with Crippen LogP contribution in [0.15, 0.2) is 39.9 Å². The van der Waals surface area contributed by atoms with Crippen molar-refractivity contribution in [3.8, 4) is 0 Å². The second-order valence-electron chi connectivity index (χ2n) is 4.04. The molecule has 0 atom stereocenters. The van der Waals surface area contributed by atoms with Gasteiger partial charge in [-0.2, -0.15) is 0 Å². The Hall–Kier alpha value is -2.50. The molecule has 2 aromatic rings. The van der Waals surface area contributed by atoms with Crippen LogP contribution in [0.2, 0.25) is 0 Å². The molecule has 0 saturated heterocycles. The second kappa shape index (κ2) is 4.40. The first-order chi connectivity index (χ1) is 8.52. The van der Waals surface area contributed by atoms with Crippen molar-refractivity contribution in [3.05, 3.63) is 62.4 Å². The highest BCUT2D eigenvalue weighted by atomic mass is 16.2. The molecular formula is C12H14N4O2.